The van der Waals surface area contributed by atoms with Crippen molar-refractivity contribution in [2.45, 2.75) is 33.1 Å². The molecule has 1 aromatic rings. The van der Waals surface area contributed by atoms with Gasteiger partial charge in [0, 0.05) is 24.4 Å². The van der Waals surface area contributed by atoms with Crippen molar-refractivity contribution in [2.24, 2.45) is 4.99 Å². The Bertz CT molecular complexity index is 330. The van der Waals surface area contributed by atoms with Gasteiger partial charge in [0.1, 0.15) is 5.84 Å². The van der Waals surface area contributed by atoms with Crippen LogP contribution in [0.2, 0.25) is 0 Å². The Kier molecular flexibility index (Phi) is 2.57. The lowest BCUT2D eigenvalue weighted by Crippen LogP contribution is -2.26. The molecule has 0 unspecified atom stereocenters. The summed E-state index contributed by atoms with van der Waals surface area (Å²) in [6, 6.07) is 4.23. The minimum Gasteiger partial charge on any atom is -0.281 e. The summed E-state index contributed by atoms with van der Waals surface area (Å²) < 4.78 is 2.10. The predicted octanol–water partition coefficient (Wildman–Crippen LogP) is 2.23. The number of amidine groups is 1. The molecule has 3 nitrogen and oxygen atoms in total. The molecule has 76 valence electrons. The molecule has 1 aliphatic rings. The van der Waals surface area contributed by atoms with Crippen molar-refractivity contribution < 1.29 is 0 Å². The second-order valence-electron chi connectivity index (χ2n) is 3.85. The molecule has 0 spiro atoms. The lowest BCUT2D eigenvalue weighted by Gasteiger charge is -2.17. The number of rotatable bonds is 1. The number of nitrogens with zero attached hydrogens (tertiary/aromatic N) is 2. The fourth-order valence-corrected chi connectivity index (χ4v) is 1.76. The van der Waals surface area contributed by atoms with Crippen molar-refractivity contribution in [2.75, 3.05) is 12.0 Å². The second kappa shape index (κ2) is 3.86. The maximum absolute atomic E-state index is 4.47. The van der Waals surface area contributed by atoms with Gasteiger partial charge in [0.05, 0.1) is 0 Å². The number of nitrogens with one attached hydrogen (secondary N) is 1. The van der Waals surface area contributed by atoms with Gasteiger partial charge in [-0.1, -0.05) is 0 Å². The highest BCUT2D eigenvalue weighted by molar-refractivity contribution is 5.89. The smallest absolute Gasteiger partial charge is 0.115 e. The normalized spacial score (nSPS) is 16.6. The first kappa shape index (κ1) is 9.31. The van der Waals surface area contributed by atoms with E-state index in [1.807, 2.05) is 0 Å². The Labute approximate surface area is 84.8 Å². The molecule has 0 fully saturated rings. The maximum atomic E-state index is 4.47. The fraction of sp³-hybridized carbons (Fsp3) is 0.545. The molecule has 2 rings (SSSR count). The van der Waals surface area contributed by atoms with Crippen LogP contribution in [-0.4, -0.2) is 17.1 Å². The number of aliphatic imine (C=N–C) groups is 1. The molecule has 1 N–H and O–H groups in total. The third-order valence-electron chi connectivity index (χ3n) is 2.64. The molecule has 1 aliphatic heterocycles. The highest BCUT2D eigenvalue weighted by Gasteiger charge is 2.07. The molecule has 0 bridgehead atoms. The SMILES string of the molecule is Cc1ccc(C)n1NC1=NCCCC1. The summed E-state index contributed by atoms with van der Waals surface area (Å²) in [5.74, 6) is 1.12. The second-order valence-corrected chi connectivity index (χ2v) is 3.85. The van der Waals surface area contributed by atoms with Gasteiger partial charge in [0.2, 0.25) is 0 Å². The first-order valence-electron chi connectivity index (χ1n) is 5.22. The quantitative estimate of drug-likeness (QED) is 0.724. The highest BCUT2D eigenvalue weighted by Crippen LogP contribution is 2.08. The molecule has 0 aliphatic carbocycles. The van der Waals surface area contributed by atoms with E-state index < -0.39 is 0 Å². The average Bonchev–Trinajstić information content (AvgIpc) is 2.51. The minimum atomic E-state index is 0.974. The Balaban J connectivity index is 2.13. The maximum Gasteiger partial charge on any atom is 0.115 e. The van der Waals surface area contributed by atoms with Crippen molar-refractivity contribution in [1.29, 1.82) is 0 Å². The monoisotopic (exact) mass is 191 g/mol. The Morgan fingerprint density at radius 1 is 1.21 bits per heavy atom. The van der Waals surface area contributed by atoms with Crippen LogP contribution >= 0.6 is 0 Å². The van der Waals surface area contributed by atoms with Crippen LogP contribution in [0, 0.1) is 13.8 Å². The van der Waals surface area contributed by atoms with Crippen LogP contribution in [0.25, 0.3) is 0 Å². The summed E-state index contributed by atoms with van der Waals surface area (Å²) in [5.41, 5.74) is 5.83. The van der Waals surface area contributed by atoms with Crippen molar-refractivity contribution in [3.8, 4) is 0 Å². The number of aromatic nitrogens is 1. The molecule has 3 heteroatoms. The summed E-state index contributed by atoms with van der Waals surface area (Å²) in [5, 5.41) is 0. The predicted molar refractivity (Wildman–Crippen MR) is 59.4 cm³/mol. The molecular formula is C11H17N3. The summed E-state index contributed by atoms with van der Waals surface area (Å²) in [6.07, 6.45) is 3.57. The van der Waals surface area contributed by atoms with Crippen LogP contribution in [0.4, 0.5) is 0 Å². The molecule has 0 saturated heterocycles. The molecule has 0 amide bonds. The molecule has 0 saturated carbocycles. The van der Waals surface area contributed by atoms with Gasteiger partial charge in [-0.25, -0.2) is 0 Å². The van der Waals surface area contributed by atoms with Crippen molar-refractivity contribution in [3.63, 3.8) is 0 Å². The zero-order valence-corrected chi connectivity index (χ0v) is 8.88. The molecular weight excluding hydrogens is 174 g/mol. The Morgan fingerprint density at radius 2 is 1.93 bits per heavy atom. The van der Waals surface area contributed by atoms with Gasteiger partial charge in [-0.3, -0.25) is 15.1 Å². The molecule has 0 radical (unpaired) electrons. The van der Waals surface area contributed by atoms with E-state index in [0.717, 1.165) is 18.8 Å². The van der Waals surface area contributed by atoms with E-state index in [1.54, 1.807) is 0 Å². The standard InChI is InChI=1S/C11H17N3/c1-9-6-7-10(2)14(9)13-11-5-3-4-8-12-11/h6-7H,3-5,8H2,1-2H3,(H,12,13). The summed E-state index contributed by atoms with van der Waals surface area (Å²) in [4.78, 5) is 4.47. The van der Waals surface area contributed by atoms with Crippen LogP contribution < -0.4 is 5.43 Å². The third kappa shape index (κ3) is 1.81. The van der Waals surface area contributed by atoms with Crippen molar-refractivity contribution >= 4 is 5.84 Å². The van der Waals surface area contributed by atoms with Gasteiger partial charge in [-0.15, -0.1) is 0 Å². The van der Waals surface area contributed by atoms with E-state index >= 15 is 0 Å². The van der Waals surface area contributed by atoms with Gasteiger partial charge in [0.25, 0.3) is 0 Å². The lowest BCUT2D eigenvalue weighted by atomic mass is 10.2. The molecule has 14 heavy (non-hydrogen) atoms. The summed E-state index contributed by atoms with van der Waals surface area (Å²) >= 11 is 0. The molecule has 0 atom stereocenters. The largest absolute Gasteiger partial charge is 0.281 e. The molecule has 2 heterocycles. The summed E-state index contributed by atoms with van der Waals surface area (Å²) in [7, 11) is 0. The van der Waals surface area contributed by atoms with E-state index in [4.69, 9.17) is 0 Å². The first-order chi connectivity index (χ1) is 6.77. The van der Waals surface area contributed by atoms with Crippen molar-refractivity contribution in [1.82, 2.24) is 4.68 Å². The fourth-order valence-electron chi connectivity index (χ4n) is 1.76. The number of hydrogen-bond donors (Lipinski definition) is 1. The Hall–Kier alpha value is -1.25. The van der Waals surface area contributed by atoms with Crippen LogP contribution in [0.1, 0.15) is 30.7 Å². The summed E-state index contributed by atoms with van der Waals surface area (Å²) in [6.45, 7) is 5.18. The zero-order chi connectivity index (χ0) is 9.97. The number of aryl methyl sites for hydroxylation is 2. The van der Waals surface area contributed by atoms with E-state index in [2.05, 4.69) is 41.1 Å². The lowest BCUT2D eigenvalue weighted by molar-refractivity contribution is 0.724. The average molecular weight is 191 g/mol. The van der Waals surface area contributed by atoms with Crippen LogP contribution in [0.15, 0.2) is 17.1 Å². The first-order valence-corrected chi connectivity index (χ1v) is 5.22. The number of hydrogen-bond acceptors (Lipinski definition) is 2. The van der Waals surface area contributed by atoms with Gasteiger partial charge < -0.3 is 0 Å². The van der Waals surface area contributed by atoms with Crippen LogP contribution in [0.3, 0.4) is 0 Å². The van der Waals surface area contributed by atoms with Gasteiger partial charge in [0.15, 0.2) is 0 Å². The molecule has 0 aromatic carbocycles. The van der Waals surface area contributed by atoms with E-state index in [-0.39, 0.29) is 0 Å². The van der Waals surface area contributed by atoms with Crippen LogP contribution in [0.5, 0.6) is 0 Å². The van der Waals surface area contributed by atoms with E-state index in [0.29, 0.717) is 0 Å². The van der Waals surface area contributed by atoms with Crippen LogP contribution in [-0.2, 0) is 0 Å². The highest BCUT2D eigenvalue weighted by atomic mass is 15.4. The van der Waals surface area contributed by atoms with Gasteiger partial charge >= 0.3 is 0 Å². The van der Waals surface area contributed by atoms with Gasteiger partial charge in [-0.05, 0) is 38.8 Å². The third-order valence-corrected chi connectivity index (χ3v) is 2.64. The van der Waals surface area contributed by atoms with E-state index in [9.17, 15) is 0 Å². The Morgan fingerprint density at radius 3 is 2.50 bits per heavy atom. The van der Waals surface area contributed by atoms with E-state index in [1.165, 1.54) is 24.2 Å². The zero-order valence-electron chi connectivity index (χ0n) is 8.88. The molecule has 1 aromatic heterocycles. The minimum absolute atomic E-state index is 0.974. The van der Waals surface area contributed by atoms with Crippen molar-refractivity contribution in [3.05, 3.63) is 23.5 Å². The van der Waals surface area contributed by atoms with Gasteiger partial charge in [-0.2, -0.15) is 0 Å². The topological polar surface area (TPSA) is 29.3 Å².